The second kappa shape index (κ2) is 3.97. The first-order valence-electron chi connectivity index (χ1n) is 6.05. The van der Waals surface area contributed by atoms with Crippen molar-refractivity contribution in [1.82, 2.24) is 0 Å². The Bertz CT molecular complexity index is 472. The number of benzene rings is 1. The van der Waals surface area contributed by atoms with Crippen LogP contribution in [0.2, 0.25) is 0 Å². The lowest BCUT2D eigenvalue weighted by Crippen LogP contribution is -2.41. The Kier molecular flexibility index (Phi) is 2.95. The molecule has 98 valence electrons. The number of nitrogens with two attached hydrogens (primary N) is 1. The molecule has 0 unspecified atom stereocenters. The van der Waals surface area contributed by atoms with Gasteiger partial charge in [-0.15, -0.1) is 0 Å². The van der Waals surface area contributed by atoms with E-state index in [0.717, 1.165) is 11.0 Å². The molecule has 0 aromatic heterocycles. The fourth-order valence-electron chi connectivity index (χ4n) is 1.93. The summed E-state index contributed by atoms with van der Waals surface area (Å²) in [7, 11) is -0.502. The molecular formula is C13H19BFNO2. The number of anilines is 1. The predicted molar refractivity (Wildman–Crippen MR) is 71.3 cm³/mol. The van der Waals surface area contributed by atoms with Crippen LogP contribution in [0.3, 0.4) is 0 Å². The Hall–Kier alpha value is -1.07. The lowest BCUT2D eigenvalue weighted by molar-refractivity contribution is 0.00578. The van der Waals surface area contributed by atoms with Gasteiger partial charge in [0, 0.05) is 0 Å². The Morgan fingerprint density at radius 1 is 1.11 bits per heavy atom. The maximum Gasteiger partial charge on any atom is 0.495 e. The predicted octanol–water partition coefficient (Wildman–Crippen LogP) is 2.02. The van der Waals surface area contributed by atoms with E-state index in [9.17, 15) is 4.39 Å². The molecule has 1 aliphatic rings. The number of halogens is 1. The highest BCUT2D eigenvalue weighted by atomic mass is 19.1. The van der Waals surface area contributed by atoms with Gasteiger partial charge in [-0.05, 0) is 57.8 Å². The molecule has 1 saturated heterocycles. The van der Waals surface area contributed by atoms with Crippen LogP contribution in [0.5, 0.6) is 0 Å². The van der Waals surface area contributed by atoms with Crippen LogP contribution in [-0.4, -0.2) is 18.3 Å². The van der Waals surface area contributed by atoms with Crippen LogP contribution in [-0.2, 0) is 9.31 Å². The van der Waals surface area contributed by atoms with Gasteiger partial charge < -0.3 is 15.0 Å². The minimum Gasteiger partial charge on any atom is -0.399 e. The van der Waals surface area contributed by atoms with Crippen molar-refractivity contribution in [3.05, 3.63) is 23.5 Å². The molecule has 1 heterocycles. The van der Waals surface area contributed by atoms with Gasteiger partial charge in [0.1, 0.15) is 5.82 Å². The van der Waals surface area contributed by atoms with E-state index in [4.69, 9.17) is 15.0 Å². The summed E-state index contributed by atoms with van der Waals surface area (Å²) in [6.07, 6.45) is 0. The SMILES string of the molecule is Cc1cc(F)c(N)cc1B1OC(C)(C)C(C)(C)O1. The summed E-state index contributed by atoms with van der Waals surface area (Å²) in [6, 6.07) is 3.00. The Morgan fingerprint density at radius 2 is 1.61 bits per heavy atom. The highest BCUT2D eigenvalue weighted by Crippen LogP contribution is 2.36. The molecule has 1 aromatic carbocycles. The summed E-state index contributed by atoms with van der Waals surface area (Å²) < 4.78 is 25.2. The normalized spacial score (nSPS) is 21.3. The van der Waals surface area contributed by atoms with E-state index >= 15 is 0 Å². The Balaban J connectivity index is 2.38. The highest BCUT2D eigenvalue weighted by molar-refractivity contribution is 6.62. The number of nitrogen functional groups attached to an aromatic ring is 1. The van der Waals surface area contributed by atoms with Gasteiger partial charge in [-0.25, -0.2) is 4.39 Å². The van der Waals surface area contributed by atoms with Crippen molar-refractivity contribution in [2.75, 3.05) is 5.73 Å². The molecule has 0 radical (unpaired) electrons. The molecule has 0 aliphatic carbocycles. The first-order chi connectivity index (χ1) is 8.14. The van der Waals surface area contributed by atoms with Gasteiger partial charge in [0.05, 0.1) is 16.9 Å². The van der Waals surface area contributed by atoms with E-state index in [-0.39, 0.29) is 5.69 Å². The summed E-state index contributed by atoms with van der Waals surface area (Å²) in [6.45, 7) is 9.75. The zero-order valence-corrected chi connectivity index (χ0v) is 11.5. The molecule has 0 spiro atoms. The van der Waals surface area contributed by atoms with Crippen LogP contribution in [0.25, 0.3) is 0 Å². The average molecular weight is 251 g/mol. The maximum absolute atomic E-state index is 13.3. The molecular weight excluding hydrogens is 232 g/mol. The number of aryl methyl sites for hydroxylation is 1. The van der Waals surface area contributed by atoms with Gasteiger partial charge in [0.25, 0.3) is 0 Å². The van der Waals surface area contributed by atoms with E-state index in [0.29, 0.717) is 0 Å². The zero-order valence-electron chi connectivity index (χ0n) is 11.5. The summed E-state index contributed by atoms with van der Waals surface area (Å²) in [5, 5.41) is 0. The number of hydrogen-bond acceptors (Lipinski definition) is 3. The smallest absolute Gasteiger partial charge is 0.399 e. The summed E-state index contributed by atoms with van der Waals surface area (Å²) in [5.74, 6) is -0.409. The van der Waals surface area contributed by atoms with Gasteiger partial charge in [0.15, 0.2) is 0 Å². The summed E-state index contributed by atoms with van der Waals surface area (Å²) >= 11 is 0. The molecule has 5 heteroatoms. The molecule has 1 aromatic rings. The van der Waals surface area contributed by atoms with Gasteiger partial charge in [0.2, 0.25) is 0 Å². The maximum atomic E-state index is 13.3. The molecule has 1 aliphatic heterocycles. The van der Waals surface area contributed by atoms with Crippen LogP contribution in [0, 0.1) is 12.7 Å². The monoisotopic (exact) mass is 251 g/mol. The minimum absolute atomic E-state index is 0.116. The van der Waals surface area contributed by atoms with Gasteiger partial charge in [-0.1, -0.05) is 0 Å². The zero-order chi connectivity index (χ0) is 13.7. The quantitative estimate of drug-likeness (QED) is 0.613. The van der Waals surface area contributed by atoms with Crippen molar-refractivity contribution in [2.24, 2.45) is 0 Å². The van der Waals surface area contributed by atoms with E-state index in [1.807, 2.05) is 34.6 Å². The molecule has 0 atom stereocenters. The number of hydrogen-bond donors (Lipinski definition) is 1. The van der Waals surface area contributed by atoms with E-state index in [1.165, 1.54) is 6.07 Å². The Morgan fingerprint density at radius 3 is 2.11 bits per heavy atom. The van der Waals surface area contributed by atoms with Gasteiger partial charge in [-0.2, -0.15) is 0 Å². The first-order valence-corrected chi connectivity index (χ1v) is 6.05. The van der Waals surface area contributed by atoms with Crippen molar-refractivity contribution in [2.45, 2.75) is 45.8 Å². The van der Waals surface area contributed by atoms with E-state index < -0.39 is 24.1 Å². The van der Waals surface area contributed by atoms with Gasteiger partial charge in [-0.3, -0.25) is 0 Å². The fourth-order valence-corrected chi connectivity index (χ4v) is 1.93. The molecule has 18 heavy (non-hydrogen) atoms. The molecule has 0 bridgehead atoms. The largest absolute Gasteiger partial charge is 0.495 e. The molecule has 0 amide bonds. The summed E-state index contributed by atoms with van der Waals surface area (Å²) in [4.78, 5) is 0. The topological polar surface area (TPSA) is 44.5 Å². The van der Waals surface area contributed by atoms with Crippen LogP contribution >= 0.6 is 0 Å². The van der Waals surface area contributed by atoms with Crippen LogP contribution in [0.1, 0.15) is 33.3 Å². The van der Waals surface area contributed by atoms with Crippen molar-refractivity contribution in [3.63, 3.8) is 0 Å². The second-order valence-electron chi connectivity index (χ2n) is 5.82. The van der Waals surface area contributed by atoms with Crippen molar-refractivity contribution >= 4 is 18.3 Å². The molecule has 0 saturated carbocycles. The van der Waals surface area contributed by atoms with Crippen LogP contribution in [0.15, 0.2) is 12.1 Å². The number of rotatable bonds is 1. The van der Waals surface area contributed by atoms with E-state index in [2.05, 4.69) is 0 Å². The summed E-state index contributed by atoms with van der Waals surface area (Å²) in [5.41, 5.74) is 6.47. The first kappa shape index (κ1) is 13.4. The lowest BCUT2D eigenvalue weighted by atomic mass is 9.76. The lowest BCUT2D eigenvalue weighted by Gasteiger charge is -2.32. The second-order valence-corrected chi connectivity index (χ2v) is 5.82. The Labute approximate surface area is 108 Å². The standard InChI is InChI=1S/C13H19BFNO2/c1-8-6-10(15)11(16)7-9(8)14-17-12(2,3)13(4,5)18-14/h6-7H,16H2,1-5H3. The van der Waals surface area contributed by atoms with Crippen molar-refractivity contribution in [1.29, 1.82) is 0 Å². The molecule has 1 fully saturated rings. The third-order valence-electron chi connectivity index (χ3n) is 3.89. The van der Waals surface area contributed by atoms with Crippen molar-refractivity contribution < 1.29 is 13.7 Å². The van der Waals surface area contributed by atoms with Crippen molar-refractivity contribution in [3.8, 4) is 0 Å². The molecule has 2 N–H and O–H groups in total. The third kappa shape index (κ3) is 2.02. The highest BCUT2D eigenvalue weighted by Gasteiger charge is 2.52. The molecule has 3 nitrogen and oxygen atoms in total. The minimum atomic E-state index is -0.502. The fraction of sp³-hybridized carbons (Fsp3) is 0.538. The van der Waals surface area contributed by atoms with E-state index in [1.54, 1.807) is 6.07 Å². The third-order valence-corrected chi connectivity index (χ3v) is 3.89. The van der Waals surface area contributed by atoms with Crippen LogP contribution in [0.4, 0.5) is 10.1 Å². The van der Waals surface area contributed by atoms with Gasteiger partial charge >= 0.3 is 7.12 Å². The van der Waals surface area contributed by atoms with Crippen LogP contribution < -0.4 is 11.2 Å². The molecule has 2 rings (SSSR count). The average Bonchev–Trinajstić information content (AvgIpc) is 2.42.